The molecule has 2 heterocycles. The molecule has 2 atom stereocenters. The number of hydrogen-bond donors (Lipinski definition) is 5. The van der Waals surface area contributed by atoms with E-state index in [1.807, 2.05) is 0 Å². The number of rotatable bonds is 9. The van der Waals surface area contributed by atoms with Crippen LogP contribution in [-0.4, -0.2) is 45.2 Å². The average molecular weight is 460 g/mol. The lowest BCUT2D eigenvalue weighted by atomic mass is 9.89. The van der Waals surface area contributed by atoms with Crippen LogP contribution in [-0.2, 0) is 0 Å². The minimum atomic E-state index is 0.0416. The number of hydrogen-bond acceptors (Lipinski definition) is 8. The van der Waals surface area contributed by atoms with E-state index in [0.717, 1.165) is 25.9 Å². The Kier molecular flexibility index (Phi) is 7.86. The van der Waals surface area contributed by atoms with Crippen molar-refractivity contribution in [3.63, 3.8) is 0 Å². The van der Waals surface area contributed by atoms with Crippen LogP contribution in [0.3, 0.4) is 0 Å². The first-order valence-corrected chi connectivity index (χ1v) is 12.2. The maximum Gasteiger partial charge on any atom is 0.233 e. The van der Waals surface area contributed by atoms with E-state index < -0.39 is 0 Å². The maximum absolute atomic E-state index is 9.69. The molecule has 1 aliphatic heterocycles. The van der Waals surface area contributed by atoms with Crippen LogP contribution in [0.1, 0.15) is 58.3 Å². The second kappa shape index (κ2) is 11.0. The lowest BCUT2D eigenvalue weighted by Crippen LogP contribution is -2.40. The molecule has 1 aromatic carbocycles. The van der Waals surface area contributed by atoms with Crippen LogP contribution < -0.4 is 21.3 Å². The zero-order valence-electron chi connectivity index (χ0n) is 18.7. The average Bonchev–Trinajstić information content (AvgIpc) is 3.34. The van der Waals surface area contributed by atoms with E-state index >= 15 is 0 Å². The Bertz CT molecular complexity index is 885. The Labute approximate surface area is 195 Å². The van der Waals surface area contributed by atoms with Gasteiger partial charge >= 0.3 is 0 Å². The van der Waals surface area contributed by atoms with Crippen molar-refractivity contribution in [2.45, 2.75) is 70.4 Å². The standard InChI is InChI=1S/C23H34ClN7O/c1-2-18(19-9-6-12-25-19)28-23-30-21(26-14-15-7-4-3-5-8-15)29-22(31-23)27-16-10-11-20(32)17(24)13-16/h10-11,13,15,18-19,25,32H,2-9,12,14H2,1H3,(H3,26,27,28,29,30,31). The minimum absolute atomic E-state index is 0.0416. The fraction of sp³-hybridized carbons (Fsp3) is 0.609. The normalized spacial score (nSPS) is 20.1. The first kappa shape index (κ1) is 22.9. The third kappa shape index (κ3) is 6.13. The Morgan fingerprint density at radius 1 is 1.06 bits per heavy atom. The summed E-state index contributed by atoms with van der Waals surface area (Å²) in [5.74, 6) is 2.26. The van der Waals surface area contributed by atoms with Crippen molar-refractivity contribution in [2.75, 3.05) is 29.0 Å². The molecular formula is C23H34ClN7O. The number of aromatic nitrogens is 3. The van der Waals surface area contributed by atoms with Gasteiger partial charge in [-0.3, -0.25) is 0 Å². The van der Waals surface area contributed by atoms with Gasteiger partial charge in [0.25, 0.3) is 0 Å². The number of halogens is 1. The van der Waals surface area contributed by atoms with E-state index in [2.05, 4.69) is 43.1 Å². The molecule has 5 N–H and O–H groups in total. The van der Waals surface area contributed by atoms with Crippen molar-refractivity contribution in [1.29, 1.82) is 0 Å². The van der Waals surface area contributed by atoms with Crippen LogP contribution in [0.4, 0.5) is 23.5 Å². The molecule has 2 fully saturated rings. The molecule has 0 bridgehead atoms. The summed E-state index contributed by atoms with van der Waals surface area (Å²) in [6, 6.07) is 5.61. The third-order valence-electron chi connectivity index (χ3n) is 6.45. The smallest absolute Gasteiger partial charge is 0.233 e. The molecule has 4 rings (SSSR count). The molecule has 2 aromatic rings. The number of aromatic hydroxyl groups is 1. The van der Waals surface area contributed by atoms with Gasteiger partial charge in [-0.15, -0.1) is 0 Å². The summed E-state index contributed by atoms with van der Waals surface area (Å²) >= 11 is 6.06. The van der Waals surface area contributed by atoms with Gasteiger partial charge in [0, 0.05) is 24.3 Å². The van der Waals surface area contributed by atoms with E-state index in [9.17, 15) is 5.11 Å². The van der Waals surface area contributed by atoms with Crippen molar-refractivity contribution in [3.8, 4) is 5.75 Å². The highest BCUT2D eigenvalue weighted by atomic mass is 35.5. The van der Waals surface area contributed by atoms with Crippen LogP contribution in [0, 0.1) is 5.92 Å². The zero-order chi connectivity index (χ0) is 22.3. The van der Waals surface area contributed by atoms with E-state index in [0.29, 0.717) is 35.5 Å². The Balaban J connectivity index is 1.52. The summed E-state index contributed by atoms with van der Waals surface area (Å²) < 4.78 is 0. The van der Waals surface area contributed by atoms with E-state index in [4.69, 9.17) is 11.6 Å². The lowest BCUT2D eigenvalue weighted by molar-refractivity contribution is 0.373. The predicted octanol–water partition coefficient (Wildman–Crippen LogP) is 4.91. The number of nitrogens with one attached hydrogen (secondary N) is 4. The number of nitrogens with zero attached hydrogens (tertiary/aromatic N) is 3. The van der Waals surface area contributed by atoms with Gasteiger partial charge in [0.2, 0.25) is 17.8 Å². The van der Waals surface area contributed by atoms with Gasteiger partial charge < -0.3 is 26.4 Å². The summed E-state index contributed by atoms with van der Waals surface area (Å²) in [5.41, 5.74) is 0.702. The molecule has 2 unspecified atom stereocenters. The van der Waals surface area contributed by atoms with Crippen LogP contribution in [0.15, 0.2) is 18.2 Å². The molecule has 174 valence electrons. The molecule has 1 saturated heterocycles. The van der Waals surface area contributed by atoms with Gasteiger partial charge in [-0.25, -0.2) is 0 Å². The van der Waals surface area contributed by atoms with Crippen molar-refractivity contribution in [3.05, 3.63) is 23.2 Å². The summed E-state index contributed by atoms with van der Waals surface area (Å²) in [4.78, 5) is 13.9. The van der Waals surface area contributed by atoms with Crippen molar-refractivity contribution in [2.24, 2.45) is 5.92 Å². The molecule has 8 nitrogen and oxygen atoms in total. The van der Waals surface area contributed by atoms with Gasteiger partial charge in [-0.1, -0.05) is 37.8 Å². The largest absolute Gasteiger partial charge is 0.506 e. The van der Waals surface area contributed by atoms with Gasteiger partial charge in [-0.2, -0.15) is 15.0 Å². The lowest BCUT2D eigenvalue weighted by Gasteiger charge is -2.24. The second-order valence-corrected chi connectivity index (χ2v) is 9.25. The Morgan fingerprint density at radius 3 is 2.56 bits per heavy atom. The minimum Gasteiger partial charge on any atom is -0.506 e. The number of phenols is 1. The highest BCUT2D eigenvalue weighted by Crippen LogP contribution is 2.28. The number of anilines is 4. The van der Waals surface area contributed by atoms with E-state index in [1.165, 1.54) is 38.5 Å². The molecular weight excluding hydrogens is 426 g/mol. The fourth-order valence-electron chi connectivity index (χ4n) is 4.62. The molecule has 32 heavy (non-hydrogen) atoms. The Morgan fingerprint density at radius 2 is 1.84 bits per heavy atom. The number of phenolic OH excluding ortho intramolecular Hbond substituents is 1. The molecule has 0 radical (unpaired) electrons. The fourth-order valence-corrected chi connectivity index (χ4v) is 4.80. The maximum atomic E-state index is 9.69. The van der Waals surface area contributed by atoms with Crippen LogP contribution in [0.2, 0.25) is 5.02 Å². The molecule has 0 spiro atoms. The van der Waals surface area contributed by atoms with E-state index in [-0.39, 0.29) is 16.8 Å². The van der Waals surface area contributed by atoms with Crippen LogP contribution >= 0.6 is 11.6 Å². The number of benzene rings is 1. The van der Waals surface area contributed by atoms with Crippen molar-refractivity contribution < 1.29 is 5.11 Å². The first-order valence-electron chi connectivity index (χ1n) is 11.9. The van der Waals surface area contributed by atoms with Crippen LogP contribution in [0.5, 0.6) is 5.75 Å². The molecule has 9 heteroatoms. The summed E-state index contributed by atoms with van der Waals surface area (Å²) in [6.45, 7) is 4.11. The van der Waals surface area contributed by atoms with Gasteiger partial charge in [-0.05, 0) is 62.8 Å². The summed E-state index contributed by atoms with van der Waals surface area (Å²) in [5, 5.41) is 23.7. The SMILES string of the molecule is CCC(Nc1nc(NCC2CCCCC2)nc(Nc2ccc(O)c(Cl)c2)n1)C1CCCN1. The van der Waals surface area contributed by atoms with Gasteiger partial charge in [0.05, 0.1) is 5.02 Å². The summed E-state index contributed by atoms with van der Waals surface area (Å²) in [6.07, 6.45) is 9.78. The van der Waals surface area contributed by atoms with Crippen LogP contribution in [0.25, 0.3) is 0 Å². The highest BCUT2D eigenvalue weighted by molar-refractivity contribution is 6.32. The predicted molar refractivity (Wildman–Crippen MR) is 130 cm³/mol. The van der Waals surface area contributed by atoms with Crippen molar-refractivity contribution >= 4 is 35.1 Å². The monoisotopic (exact) mass is 459 g/mol. The molecule has 2 aliphatic rings. The van der Waals surface area contributed by atoms with Gasteiger partial charge in [0.1, 0.15) is 5.75 Å². The third-order valence-corrected chi connectivity index (χ3v) is 6.75. The van der Waals surface area contributed by atoms with E-state index in [1.54, 1.807) is 18.2 Å². The molecule has 1 saturated carbocycles. The quantitative estimate of drug-likeness (QED) is 0.337. The molecule has 1 aromatic heterocycles. The van der Waals surface area contributed by atoms with Crippen molar-refractivity contribution in [1.82, 2.24) is 20.3 Å². The topological polar surface area (TPSA) is 107 Å². The second-order valence-electron chi connectivity index (χ2n) is 8.84. The molecule has 0 amide bonds. The molecule has 1 aliphatic carbocycles. The zero-order valence-corrected chi connectivity index (χ0v) is 19.5. The Hall–Kier alpha value is -2.32. The highest BCUT2D eigenvalue weighted by Gasteiger charge is 2.24. The first-order chi connectivity index (χ1) is 15.6. The van der Waals surface area contributed by atoms with Gasteiger partial charge in [0.15, 0.2) is 0 Å². The summed E-state index contributed by atoms with van der Waals surface area (Å²) in [7, 11) is 0.